The summed E-state index contributed by atoms with van der Waals surface area (Å²) in [5, 5.41) is 1.71. The zero-order chi connectivity index (χ0) is 14.4. The second kappa shape index (κ2) is 6.83. The topological polar surface area (TPSA) is 145 Å². The second-order valence-electron chi connectivity index (χ2n) is 3.83. The molecule has 0 aromatic carbocycles. The largest absolute Gasteiger partial charge is 0.369 e. The Morgan fingerprint density at radius 3 is 2.26 bits per heavy atom. The molecule has 1 aromatic heterocycles. The van der Waals surface area contributed by atoms with Gasteiger partial charge in [0.2, 0.25) is 11.8 Å². The number of thiophene rings is 1. The van der Waals surface area contributed by atoms with Crippen LogP contribution in [0.2, 0.25) is 0 Å². The average Bonchev–Trinajstić information content (AvgIpc) is 2.74. The summed E-state index contributed by atoms with van der Waals surface area (Å²) in [5.74, 6) is 3.48. The molecular formula is C10H15N5O3S. The van der Waals surface area contributed by atoms with E-state index < -0.39 is 17.7 Å². The van der Waals surface area contributed by atoms with E-state index in [1.54, 1.807) is 11.4 Å². The first-order chi connectivity index (χ1) is 8.93. The van der Waals surface area contributed by atoms with Crippen molar-refractivity contribution in [2.75, 3.05) is 13.1 Å². The molecule has 0 bridgehead atoms. The summed E-state index contributed by atoms with van der Waals surface area (Å²) in [6.45, 7) is -0.0386. The molecule has 0 fully saturated rings. The summed E-state index contributed by atoms with van der Waals surface area (Å²) in [4.78, 5) is 35.2. The SMILES string of the molecule is NNC(=O)c1sccc1CN(CC(N)=O)CC(N)=O. The van der Waals surface area contributed by atoms with Gasteiger partial charge in [0.1, 0.15) is 0 Å². The first kappa shape index (κ1) is 15.1. The van der Waals surface area contributed by atoms with Crippen molar-refractivity contribution in [1.82, 2.24) is 10.3 Å². The van der Waals surface area contributed by atoms with Gasteiger partial charge in [-0.15, -0.1) is 11.3 Å². The van der Waals surface area contributed by atoms with Crippen LogP contribution in [0.15, 0.2) is 11.4 Å². The molecule has 0 radical (unpaired) electrons. The maximum atomic E-state index is 11.5. The van der Waals surface area contributed by atoms with Gasteiger partial charge in [0.05, 0.1) is 18.0 Å². The smallest absolute Gasteiger partial charge is 0.275 e. The van der Waals surface area contributed by atoms with Gasteiger partial charge in [-0.1, -0.05) is 0 Å². The van der Waals surface area contributed by atoms with Gasteiger partial charge in [-0.25, -0.2) is 5.84 Å². The van der Waals surface area contributed by atoms with Crippen molar-refractivity contribution < 1.29 is 14.4 Å². The van der Waals surface area contributed by atoms with E-state index in [0.717, 1.165) is 0 Å². The van der Waals surface area contributed by atoms with Crippen LogP contribution in [-0.2, 0) is 16.1 Å². The number of nitrogens with zero attached hydrogens (tertiary/aromatic N) is 1. The summed E-state index contributed by atoms with van der Waals surface area (Å²) in [7, 11) is 0. The lowest BCUT2D eigenvalue weighted by molar-refractivity contribution is -0.122. The molecule has 0 spiro atoms. The summed E-state index contributed by atoms with van der Waals surface area (Å²) >= 11 is 1.21. The van der Waals surface area contributed by atoms with Crippen LogP contribution < -0.4 is 22.7 Å². The lowest BCUT2D eigenvalue weighted by Gasteiger charge is -2.18. The van der Waals surface area contributed by atoms with E-state index in [0.29, 0.717) is 10.4 Å². The zero-order valence-corrected chi connectivity index (χ0v) is 10.9. The van der Waals surface area contributed by atoms with Crippen LogP contribution in [0, 0.1) is 0 Å². The first-order valence-corrected chi connectivity index (χ1v) is 6.18. The molecule has 0 aliphatic rings. The van der Waals surface area contributed by atoms with Gasteiger partial charge in [0.25, 0.3) is 5.91 Å². The number of rotatable bonds is 7. The minimum Gasteiger partial charge on any atom is -0.369 e. The summed E-state index contributed by atoms with van der Waals surface area (Å²) in [6, 6.07) is 1.71. The Bertz CT molecular complexity index is 471. The number of nitrogens with two attached hydrogens (primary N) is 3. The highest BCUT2D eigenvalue weighted by Gasteiger charge is 2.17. The molecule has 0 aliphatic carbocycles. The number of hydrogen-bond acceptors (Lipinski definition) is 6. The highest BCUT2D eigenvalue weighted by molar-refractivity contribution is 7.12. The minimum absolute atomic E-state index is 0.123. The third-order valence-electron chi connectivity index (χ3n) is 2.24. The van der Waals surface area contributed by atoms with Crippen molar-refractivity contribution in [1.29, 1.82) is 0 Å². The number of nitrogens with one attached hydrogen (secondary N) is 1. The second-order valence-corrected chi connectivity index (χ2v) is 4.74. The molecule has 0 unspecified atom stereocenters. The number of nitrogen functional groups attached to an aromatic ring is 1. The molecule has 8 nitrogen and oxygen atoms in total. The van der Waals surface area contributed by atoms with E-state index >= 15 is 0 Å². The van der Waals surface area contributed by atoms with E-state index in [-0.39, 0.29) is 19.6 Å². The Labute approximate surface area is 113 Å². The van der Waals surface area contributed by atoms with E-state index in [9.17, 15) is 14.4 Å². The van der Waals surface area contributed by atoms with Crippen molar-refractivity contribution in [2.45, 2.75) is 6.54 Å². The molecule has 0 saturated carbocycles. The van der Waals surface area contributed by atoms with Crippen molar-refractivity contribution in [2.24, 2.45) is 17.3 Å². The molecule has 0 saturated heterocycles. The Hall–Kier alpha value is -1.97. The Morgan fingerprint density at radius 2 is 1.79 bits per heavy atom. The molecule has 0 atom stereocenters. The lowest BCUT2D eigenvalue weighted by Crippen LogP contribution is -2.39. The third-order valence-corrected chi connectivity index (χ3v) is 3.19. The molecule has 1 rings (SSSR count). The molecule has 104 valence electrons. The predicted octanol–water partition coefficient (Wildman–Crippen LogP) is -1.88. The summed E-state index contributed by atoms with van der Waals surface area (Å²) in [5.41, 5.74) is 12.9. The standard InChI is InChI=1S/C10H15N5O3S/c11-7(16)4-15(5-8(12)17)3-6-1-2-19-9(6)10(18)14-13/h1-2H,3-5,13H2,(H2,11,16)(H2,12,17)(H,14,18). The third kappa shape index (κ3) is 4.66. The summed E-state index contributed by atoms with van der Waals surface area (Å²) in [6.07, 6.45) is 0. The molecule has 19 heavy (non-hydrogen) atoms. The fourth-order valence-electron chi connectivity index (χ4n) is 1.57. The minimum atomic E-state index is -0.582. The van der Waals surface area contributed by atoms with Crippen molar-refractivity contribution >= 4 is 29.1 Å². The molecular weight excluding hydrogens is 270 g/mol. The highest BCUT2D eigenvalue weighted by atomic mass is 32.1. The fraction of sp³-hybridized carbons (Fsp3) is 0.300. The van der Waals surface area contributed by atoms with Crippen LogP contribution in [0.4, 0.5) is 0 Å². The highest BCUT2D eigenvalue weighted by Crippen LogP contribution is 2.18. The Kier molecular flexibility index (Phi) is 5.42. The van der Waals surface area contributed by atoms with E-state index in [4.69, 9.17) is 17.3 Å². The number of primary amides is 2. The van der Waals surface area contributed by atoms with Crippen LogP contribution in [-0.4, -0.2) is 35.7 Å². The van der Waals surface area contributed by atoms with Gasteiger partial charge in [0, 0.05) is 6.54 Å². The zero-order valence-electron chi connectivity index (χ0n) is 10.1. The predicted molar refractivity (Wildman–Crippen MR) is 69.6 cm³/mol. The number of carbonyl (C=O) groups is 3. The van der Waals surface area contributed by atoms with E-state index in [1.165, 1.54) is 16.2 Å². The van der Waals surface area contributed by atoms with E-state index in [1.807, 2.05) is 5.43 Å². The number of hydrazine groups is 1. The van der Waals surface area contributed by atoms with Crippen molar-refractivity contribution in [3.8, 4) is 0 Å². The molecule has 9 heteroatoms. The van der Waals surface area contributed by atoms with Gasteiger partial charge in [-0.05, 0) is 17.0 Å². The fourth-order valence-corrected chi connectivity index (χ4v) is 2.39. The monoisotopic (exact) mass is 285 g/mol. The van der Waals surface area contributed by atoms with Gasteiger partial charge >= 0.3 is 0 Å². The maximum absolute atomic E-state index is 11.5. The Balaban J connectivity index is 2.83. The molecule has 1 heterocycles. The first-order valence-electron chi connectivity index (χ1n) is 5.30. The van der Waals surface area contributed by atoms with Crippen LogP contribution in [0.3, 0.4) is 0 Å². The number of carbonyl (C=O) groups excluding carboxylic acids is 3. The van der Waals surface area contributed by atoms with E-state index in [2.05, 4.69) is 0 Å². The van der Waals surface area contributed by atoms with Crippen molar-refractivity contribution in [3.05, 3.63) is 21.9 Å². The molecule has 3 amide bonds. The molecule has 1 aromatic rings. The van der Waals surface area contributed by atoms with Crippen LogP contribution >= 0.6 is 11.3 Å². The van der Waals surface area contributed by atoms with Crippen LogP contribution in [0.1, 0.15) is 15.2 Å². The number of hydrogen-bond donors (Lipinski definition) is 4. The average molecular weight is 285 g/mol. The van der Waals surface area contributed by atoms with Gasteiger partial charge in [-0.2, -0.15) is 0 Å². The Morgan fingerprint density at radius 1 is 1.21 bits per heavy atom. The lowest BCUT2D eigenvalue weighted by atomic mass is 10.2. The van der Waals surface area contributed by atoms with Gasteiger partial charge in [-0.3, -0.25) is 24.7 Å². The van der Waals surface area contributed by atoms with Crippen molar-refractivity contribution in [3.63, 3.8) is 0 Å². The van der Waals surface area contributed by atoms with Gasteiger partial charge < -0.3 is 11.5 Å². The van der Waals surface area contributed by atoms with Crippen LogP contribution in [0.25, 0.3) is 0 Å². The molecule has 7 N–H and O–H groups in total. The quantitative estimate of drug-likeness (QED) is 0.263. The maximum Gasteiger partial charge on any atom is 0.275 e. The van der Waals surface area contributed by atoms with Crippen LogP contribution in [0.5, 0.6) is 0 Å². The number of amides is 3. The normalized spacial score (nSPS) is 10.4. The van der Waals surface area contributed by atoms with Gasteiger partial charge in [0.15, 0.2) is 0 Å². The molecule has 0 aliphatic heterocycles. The summed E-state index contributed by atoms with van der Waals surface area (Å²) < 4.78 is 0.